The molecule has 4 rings (SSSR count). The number of nitrogens with zero attached hydrogens (tertiary/aromatic N) is 3. The molecule has 1 aliphatic carbocycles. The molecule has 0 N–H and O–H groups in total. The highest BCUT2D eigenvalue weighted by Crippen LogP contribution is 2.31. The third kappa shape index (κ3) is 5.28. The lowest BCUT2D eigenvalue weighted by Crippen LogP contribution is -3.00. The zero-order valence-electron chi connectivity index (χ0n) is 18.7. The van der Waals surface area contributed by atoms with Gasteiger partial charge in [0.05, 0.1) is 10.2 Å². The van der Waals surface area contributed by atoms with Crippen molar-refractivity contribution in [2.45, 2.75) is 46.5 Å². The molecule has 0 fully saturated rings. The van der Waals surface area contributed by atoms with E-state index < -0.39 is 0 Å². The van der Waals surface area contributed by atoms with Crippen LogP contribution in [0.15, 0.2) is 36.4 Å². The number of rotatable bonds is 7. The molecular weight excluding hydrogens is 426 g/mol. The second kappa shape index (κ2) is 10.6. The third-order valence-electron chi connectivity index (χ3n) is 6.14. The zero-order valence-corrected chi connectivity index (χ0v) is 20.2. The number of fused-ring (bicyclic) bond motifs is 2. The molecule has 6 heteroatoms. The van der Waals surface area contributed by atoms with Crippen molar-refractivity contribution in [3.63, 3.8) is 0 Å². The molecule has 1 heterocycles. The lowest BCUT2D eigenvalue weighted by atomic mass is 9.90. The molecule has 0 atom stereocenters. The van der Waals surface area contributed by atoms with E-state index in [1.165, 1.54) is 29.5 Å². The van der Waals surface area contributed by atoms with Gasteiger partial charge in [0.2, 0.25) is 0 Å². The van der Waals surface area contributed by atoms with Crippen molar-refractivity contribution in [1.29, 1.82) is 0 Å². The molecule has 0 spiro atoms. The van der Waals surface area contributed by atoms with E-state index >= 15 is 0 Å². The Kier molecular flexibility index (Phi) is 8.09. The summed E-state index contributed by atoms with van der Waals surface area (Å²) in [6.45, 7) is 9.89. The Balaban J connectivity index is 0.00000272. The molecular formula is C25H31ClN3OS-. The number of anilines is 1. The van der Waals surface area contributed by atoms with E-state index in [4.69, 9.17) is 4.98 Å². The summed E-state index contributed by atoms with van der Waals surface area (Å²) >= 11 is 1.61. The van der Waals surface area contributed by atoms with Crippen LogP contribution in [0.25, 0.3) is 10.2 Å². The molecule has 0 unspecified atom stereocenters. The number of amides is 1. The lowest BCUT2D eigenvalue weighted by molar-refractivity contribution is -0.0000138. The Hall–Kier alpha value is -1.95. The zero-order chi connectivity index (χ0) is 21.1. The fourth-order valence-corrected chi connectivity index (χ4v) is 5.31. The minimum atomic E-state index is 0. The highest BCUT2D eigenvalue weighted by atomic mass is 35.5. The van der Waals surface area contributed by atoms with E-state index in [0.29, 0.717) is 6.54 Å². The van der Waals surface area contributed by atoms with Gasteiger partial charge in [-0.1, -0.05) is 37.3 Å². The van der Waals surface area contributed by atoms with Gasteiger partial charge in [-0.2, -0.15) is 0 Å². The fourth-order valence-electron chi connectivity index (χ4n) is 4.22. The van der Waals surface area contributed by atoms with Crippen LogP contribution in [-0.2, 0) is 12.8 Å². The molecule has 0 saturated carbocycles. The number of hydrogen-bond donors (Lipinski definition) is 0. The van der Waals surface area contributed by atoms with E-state index in [0.717, 1.165) is 53.4 Å². The van der Waals surface area contributed by atoms with Crippen molar-refractivity contribution in [3.05, 3.63) is 58.7 Å². The quantitative estimate of drug-likeness (QED) is 0.548. The summed E-state index contributed by atoms with van der Waals surface area (Å²) in [6, 6.07) is 12.6. The van der Waals surface area contributed by atoms with Gasteiger partial charge < -0.3 is 17.3 Å². The first-order valence-corrected chi connectivity index (χ1v) is 11.9. The van der Waals surface area contributed by atoms with Crippen molar-refractivity contribution in [3.8, 4) is 0 Å². The smallest absolute Gasteiger partial charge is 0.260 e. The number of carbonyl (C=O) groups is 1. The number of likely N-dealkylation sites (N-methyl/N-ethyl adjacent to an activating group) is 1. The fraction of sp³-hybridized carbons (Fsp3) is 0.440. The van der Waals surface area contributed by atoms with Crippen molar-refractivity contribution in [2.24, 2.45) is 0 Å². The molecule has 1 amide bonds. The van der Waals surface area contributed by atoms with E-state index in [2.05, 4.69) is 56.0 Å². The molecule has 2 aromatic carbocycles. The van der Waals surface area contributed by atoms with Gasteiger partial charge in [0.15, 0.2) is 5.13 Å². The van der Waals surface area contributed by atoms with Gasteiger partial charge in [-0.15, -0.1) is 0 Å². The largest absolute Gasteiger partial charge is 1.00 e. The van der Waals surface area contributed by atoms with Crippen LogP contribution in [0.4, 0.5) is 5.13 Å². The molecule has 4 nitrogen and oxygen atoms in total. The second-order valence-electron chi connectivity index (χ2n) is 8.14. The molecule has 31 heavy (non-hydrogen) atoms. The van der Waals surface area contributed by atoms with Crippen LogP contribution in [0.1, 0.15) is 53.7 Å². The molecule has 0 radical (unpaired) electrons. The van der Waals surface area contributed by atoms with E-state index in [-0.39, 0.29) is 18.3 Å². The van der Waals surface area contributed by atoms with Crippen LogP contribution >= 0.6 is 11.3 Å². The van der Waals surface area contributed by atoms with Crippen LogP contribution in [0.2, 0.25) is 0 Å². The molecule has 3 aromatic rings. The Bertz CT molecular complexity index is 1040. The van der Waals surface area contributed by atoms with Gasteiger partial charge in [0.25, 0.3) is 5.91 Å². The van der Waals surface area contributed by atoms with Crippen molar-refractivity contribution in [1.82, 2.24) is 9.88 Å². The first-order valence-electron chi connectivity index (χ1n) is 11.1. The second-order valence-corrected chi connectivity index (χ2v) is 9.15. The predicted octanol–water partition coefficient (Wildman–Crippen LogP) is 2.48. The summed E-state index contributed by atoms with van der Waals surface area (Å²) in [6.07, 6.45) is 4.68. The Morgan fingerprint density at radius 1 is 1.00 bits per heavy atom. The van der Waals surface area contributed by atoms with Gasteiger partial charge >= 0.3 is 0 Å². The lowest BCUT2D eigenvalue weighted by Gasteiger charge is -2.25. The van der Waals surface area contributed by atoms with Crippen LogP contribution in [-0.4, -0.2) is 42.0 Å². The Morgan fingerprint density at radius 3 is 2.48 bits per heavy atom. The Morgan fingerprint density at radius 2 is 1.74 bits per heavy atom. The van der Waals surface area contributed by atoms with Crippen LogP contribution in [0.5, 0.6) is 0 Å². The number of hydrogen-bond acceptors (Lipinski definition) is 4. The molecule has 1 aliphatic rings. The van der Waals surface area contributed by atoms with E-state index in [9.17, 15) is 4.79 Å². The summed E-state index contributed by atoms with van der Waals surface area (Å²) in [5.74, 6) is 0.0614. The number of halogens is 1. The van der Waals surface area contributed by atoms with E-state index in [1.54, 1.807) is 11.3 Å². The molecule has 166 valence electrons. The number of carbonyl (C=O) groups excluding carboxylic acids is 1. The normalized spacial score (nSPS) is 13.2. The standard InChI is InChI=1S/C25H31N3OS.ClH/c1-4-27(5-2)14-15-28(25-26-22-13-10-18(3)16-23(22)30-25)24(29)21-12-11-19-8-6-7-9-20(19)17-21;/h10-13,16-17H,4-9,14-15H2,1-3H3;1H/p-1. The highest BCUT2D eigenvalue weighted by Gasteiger charge is 2.23. The summed E-state index contributed by atoms with van der Waals surface area (Å²) in [7, 11) is 0. The van der Waals surface area contributed by atoms with Crippen molar-refractivity contribution >= 4 is 32.6 Å². The molecule has 0 aliphatic heterocycles. The van der Waals surface area contributed by atoms with Crippen LogP contribution in [0, 0.1) is 6.92 Å². The average Bonchev–Trinajstić information content (AvgIpc) is 3.18. The maximum Gasteiger partial charge on any atom is 0.260 e. The first-order chi connectivity index (χ1) is 14.6. The maximum atomic E-state index is 13.6. The highest BCUT2D eigenvalue weighted by molar-refractivity contribution is 7.22. The molecule has 1 aromatic heterocycles. The van der Waals surface area contributed by atoms with Crippen molar-refractivity contribution in [2.75, 3.05) is 31.1 Å². The van der Waals surface area contributed by atoms with Crippen LogP contribution in [0.3, 0.4) is 0 Å². The maximum absolute atomic E-state index is 13.6. The van der Waals surface area contributed by atoms with E-state index in [1.807, 2.05) is 11.0 Å². The molecule has 0 saturated heterocycles. The third-order valence-corrected chi connectivity index (χ3v) is 7.18. The van der Waals surface area contributed by atoms with Gasteiger partial charge in [0.1, 0.15) is 0 Å². The monoisotopic (exact) mass is 456 g/mol. The summed E-state index contributed by atoms with van der Waals surface area (Å²) in [5, 5.41) is 0.797. The summed E-state index contributed by atoms with van der Waals surface area (Å²) in [5.41, 5.74) is 5.71. The minimum absolute atomic E-state index is 0. The molecule has 0 bridgehead atoms. The van der Waals surface area contributed by atoms with Gasteiger partial charge in [-0.25, -0.2) is 4.98 Å². The number of benzene rings is 2. The first kappa shape index (κ1) is 23.7. The minimum Gasteiger partial charge on any atom is -1.00 e. The average molecular weight is 457 g/mol. The summed E-state index contributed by atoms with van der Waals surface area (Å²) in [4.78, 5) is 22.7. The van der Waals surface area contributed by atoms with Gasteiger partial charge in [-0.3, -0.25) is 9.69 Å². The topological polar surface area (TPSA) is 36.4 Å². The number of aromatic nitrogens is 1. The van der Waals surface area contributed by atoms with Gasteiger partial charge in [0, 0.05) is 18.7 Å². The number of thiazole rings is 1. The Labute approximate surface area is 195 Å². The summed E-state index contributed by atoms with van der Waals surface area (Å²) < 4.78 is 1.14. The van der Waals surface area contributed by atoms with Gasteiger partial charge in [-0.05, 0) is 86.7 Å². The SMILES string of the molecule is CCN(CC)CCN(C(=O)c1ccc2c(c1)CCCC2)c1nc2ccc(C)cc2s1.[Cl-]. The number of aryl methyl sites for hydroxylation is 3. The van der Waals surface area contributed by atoms with Crippen molar-refractivity contribution < 1.29 is 17.2 Å². The van der Waals surface area contributed by atoms with Crippen LogP contribution < -0.4 is 17.3 Å². The predicted molar refractivity (Wildman–Crippen MR) is 127 cm³/mol.